The number of carbonyl (C=O) groups excluding carboxylic acids is 1. The molecule has 36 heavy (non-hydrogen) atoms. The summed E-state index contributed by atoms with van der Waals surface area (Å²) in [6.07, 6.45) is 1.73. The third-order valence-corrected chi connectivity index (χ3v) is 7.40. The molecule has 1 N–H and O–H groups in total. The first-order valence-electron chi connectivity index (χ1n) is 11.3. The normalized spacial score (nSPS) is 15.4. The van der Waals surface area contributed by atoms with E-state index in [2.05, 4.69) is 4.99 Å². The number of esters is 1. The molecule has 188 valence electrons. The number of ether oxygens (including phenoxy) is 3. The van der Waals surface area contributed by atoms with Crippen LogP contribution in [0.15, 0.2) is 57.5 Å². The van der Waals surface area contributed by atoms with Gasteiger partial charge in [0.15, 0.2) is 16.3 Å². The van der Waals surface area contributed by atoms with Crippen LogP contribution >= 0.6 is 33.9 Å². The Labute approximate surface area is 225 Å². The van der Waals surface area contributed by atoms with Crippen LogP contribution in [0, 0.1) is 3.57 Å². The second-order valence-electron chi connectivity index (χ2n) is 7.83. The molecular formula is C26H25IN2O6S. The number of halogens is 1. The number of thiazole rings is 1. The maximum absolute atomic E-state index is 13.8. The summed E-state index contributed by atoms with van der Waals surface area (Å²) in [5.41, 5.74) is 1.82. The number of aromatic hydroxyl groups is 1. The molecule has 1 aliphatic rings. The fourth-order valence-electron chi connectivity index (χ4n) is 4.07. The first-order chi connectivity index (χ1) is 17.3. The van der Waals surface area contributed by atoms with Gasteiger partial charge in [0.2, 0.25) is 0 Å². The zero-order chi connectivity index (χ0) is 26.0. The van der Waals surface area contributed by atoms with Crippen LogP contribution in [0.1, 0.15) is 37.9 Å². The second-order valence-corrected chi connectivity index (χ2v) is 10.00. The lowest BCUT2D eigenvalue weighted by atomic mass is 9.95. The molecule has 0 aliphatic carbocycles. The van der Waals surface area contributed by atoms with Crippen LogP contribution in [-0.2, 0) is 9.53 Å². The van der Waals surface area contributed by atoms with Gasteiger partial charge < -0.3 is 19.3 Å². The molecule has 2 heterocycles. The fourth-order valence-corrected chi connectivity index (χ4v) is 5.74. The van der Waals surface area contributed by atoms with E-state index in [0.29, 0.717) is 47.8 Å². The number of fused-ring (bicyclic) bond motifs is 1. The predicted octanol–water partition coefficient (Wildman–Crippen LogP) is 3.52. The maximum atomic E-state index is 13.8. The van der Waals surface area contributed by atoms with Gasteiger partial charge in [0.1, 0.15) is 11.8 Å². The smallest absolute Gasteiger partial charge is 0.338 e. The van der Waals surface area contributed by atoms with E-state index in [1.807, 2.05) is 47.7 Å². The van der Waals surface area contributed by atoms with Crippen molar-refractivity contribution in [3.63, 3.8) is 0 Å². The molecule has 4 rings (SSSR count). The monoisotopic (exact) mass is 620 g/mol. The van der Waals surface area contributed by atoms with Gasteiger partial charge in [-0.05, 0) is 73.2 Å². The quantitative estimate of drug-likeness (QED) is 0.321. The van der Waals surface area contributed by atoms with Crippen LogP contribution in [0.2, 0.25) is 0 Å². The number of phenolic OH excluding ortho intramolecular Hbond substituents is 1. The number of para-hydroxylation sites is 1. The molecule has 3 aromatic rings. The molecule has 10 heteroatoms. The van der Waals surface area contributed by atoms with Gasteiger partial charge in [-0.25, -0.2) is 9.79 Å². The molecule has 0 fully saturated rings. The summed E-state index contributed by atoms with van der Waals surface area (Å²) in [5.74, 6) is 0.416. The van der Waals surface area contributed by atoms with Crippen molar-refractivity contribution < 1.29 is 24.1 Å². The SMILES string of the molecule is CCOC(=O)C1=C(C)N=c2s/c(=C/c3cc(I)c(O)c(OCC)c3)c(=O)n2[C@@H]1c1ccccc1OC. The van der Waals surface area contributed by atoms with Crippen LogP contribution < -0.4 is 24.4 Å². The Kier molecular flexibility index (Phi) is 7.84. The molecule has 0 amide bonds. The van der Waals surface area contributed by atoms with E-state index >= 15 is 0 Å². The van der Waals surface area contributed by atoms with Gasteiger partial charge in [-0.2, -0.15) is 0 Å². The third-order valence-electron chi connectivity index (χ3n) is 5.60. The van der Waals surface area contributed by atoms with Crippen molar-refractivity contribution in [2.75, 3.05) is 20.3 Å². The summed E-state index contributed by atoms with van der Waals surface area (Å²) >= 11 is 3.25. The molecule has 0 saturated carbocycles. The molecular weight excluding hydrogens is 595 g/mol. The van der Waals surface area contributed by atoms with Gasteiger partial charge in [-0.15, -0.1) is 0 Å². The molecule has 0 spiro atoms. The van der Waals surface area contributed by atoms with E-state index in [9.17, 15) is 14.7 Å². The van der Waals surface area contributed by atoms with E-state index in [1.54, 1.807) is 45.2 Å². The highest BCUT2D eigenvalue weighted by Crippen LogP contribution is 2.36. The summed E-state index contributed by atoms with van der Waals surface area (Å²) in [6, 6.07) is 9.97. The Morgan fingerprint density at radius 3 is 2.67 bits per heavy atom. The lowest BCUT2D eigenvalue weighted by Gasteiger charge is -2.25. The molecule has 0 bridgehead atoms. The van der Waals surface area contributed by atoms with E-state index in [4.69, 9.17) is 14.2 Å². The average Bonchev–Trinajstić information content (AvgIpc) is 3.15. The predicted molar refractivity (Wildman–Crippen MR) is 145 cm³/mol. The number of phenols is 1. The standard InChI is InChI=1S/C26H25IN2O6S/c1-5-34-19-12-15(11-17(27)23(19)30)13-20-24(31)29-22(16-9-7-8-10-18(16)33-4)21(25(32)35-6-2)14(3)28-26(29)36-20/h7-13,22,30H,5-6H2,1-4H3/b20-13+/t22-/m1/s1. The topological polar surface area (TPSA) is 99.4 Å². The summed E-state index contributed by atoms with van der Waals surface area (Å²) in [5, 5.41) is 10.3. The van der Waals surface area contributed by atoms with Crippen LogP contribution in [0.4, 0.5) is 0 Å². The van der Waals surface area contributed by atoms with Gasteiger partial charge in [-0.3, -0.25) is 9.36 Å². The van der Waals surface area contributed by atoms with Crippen molar-refractivity contribution in [2.24, 2.45) is 4.99 Å². The zero-order valence-corrected chi connectivity index (χ0v) is 23.2. The summed E-state index contributed by atoms with van der Waals surface area (Å²) in [4.78, 5) is 31.9. The molecule has 1 atom stereocenters. The minimum Gasteiger partial charge on any atom is -0.504 e. The highest BCUT2D eigenvalue weighted by molar-refractivity contribution is 14.1. The number of methoxy groups -OCH3 is 1. The summed E-state index contributed by atoms with van der Waals surface area (Å²) in [7, 11) is 1.55. The largest absolute Gasteiger partial charge is 0.504 e. The van der Waals surface area contributed by atoms with Crippen LogP contribution in [-0.4, -0.2) is 36.0 Å². The van der Waals surface area contributed by atoms with Gasteiger partial charge in [0.05, 0.1) is 39.7 Å². The van der Waals surface area contributed by atoms with Crippen molar-refractivity contribution in [1.82, 2.24) is 4.57 Å². The number of allylic oxidation sites excluding steroid dienone is 1. The highest BCUT2D eigenvalue weighted by Gasteiger charge is 2.34. The lowest BCUT2D eigenvalue weighted by Crippen LogP contribution is -2.40. The first-order valence-corrected chi connectivity index (χ1v) is 13.2. The molecule has 8 nitrogen and oxygen atoms in total. The Balaban J connectivity index is 1.97. The summed E-state index contributed by atoms with van der Waals surface area (Å²) < 4.78 is 19.0. The Hall–Kier alpha value is -3.12. The van der Waals surface area contributed by atoms with Gasteiger partial charge in [-0.1, -0.05) is 29.5 Å². The van der Waals surface area contributed by atoms with E-state index in [1.165, 1.54) is 15.9 Å². The number of hydrogen-bond donors (Lipinski definition) is 1. The molecule has 0 unspecified atom stereocenters. The van der Waals surface area contributed by atoms with Gasteiger partial charge in [0.25, 0.3) is 5.56 Å². The Morgan fingerprint density at radius 2 is 1.97 bits per heavy atom. The lowest BCUT2D eigenvalue weighted by molar-refractivity contribution is -0.139. The van der Waals surface area contributed by atoms with E-state index in [0.717, 1.165) is 0 Å². The van der Waals surface area contributed by atoms with Crippen LogP contribution in [0.5, 0.6) is 17.2 Å². The number of rotatable bonds is 7. The Morgan fingerprint density at radius 1 is 1.22 bits per heavy atom. The second kappa shape index (κ2) is 10.9. The van der Waals surface area contributed by atoms with Gasteiger partial charge in [0, 0.05) is 5.56 Å². The molecule has 0 saturated heterocycles. The molecule has 0 radical (unpaired) electrons. The van der Waals surface area contributed by atoms with Crippen molar-refractivity contribution in [1.29, 1.82) is 0 Å². The van der Waals surface area contributed by atoms with Gasteiger partial charge >= 0.3 is 5.97 Å². The Bertz CT molecular complexity index is 1540. The first kappa shape index (κ1) is 26.0. The fraction of sp³-hybridized carbons (Fsp3) is 0.269. The summed E-state index contributed by atoms with van der Waals surface area (Å²) in [6.45, 7) is 5.89. The number of benzene rings is 2. The third kappa shape index (κ3) is 4.79. The molecule has 2 aromatic carbocycles. The van der Waals surface area contributed by atoms with E-state index in [-0.39, 0.29) is 23.5 Å². The average molecular weight is 620 g/mol. The minimum atomic E-state index is -0.766. The van der Waals surface area contributed by atoms with Crippen molar-refractivity contribution in [3.8, 4) is 17.2 Å². The van der Waals surface area contributed by atoms with Crippen molar-refractivity contribution in [3.05, 3.63) is 82.1 Å². The number of hydrogen-bond acceptors (Lipinski definition) is 8. The van der Waals surface area contributed by atoms with Crippen LogP contribution in [0.25, 0.3) is 6.08 Å². The number of nitrogens with zero attached hydrogens (tertiary/aromatic N) is 2. The van der Waals surface area contributed by atoms with Crippen molar-refractivity contribution >= 4 is 46.0 Å². The number of aromatic nitrogens is 1. The molecule has 1 aliphatic heterocycles. The number of carbonyl (C=O) groups is 1. The minimum absolute atomic E-state index is 0.0573. The zero-order valence-electron chi connectivity index (χ0n) is 20.2. The molecule has 1 aromatic heterocycles. The van der Waals surface area contributed by atoms with Crippen molar-refractivity contribution in [2.45, 2.75) is 26.8 Å². The maximum Gasteiger partial charge on any atom is 0.338 e. The van der Waals surface area contributed by atoms with E-state index < -0.39 is 12.0 Å². The highest BCUT2D eigenvalue weighted by atomic mass is 127. The van der Waals surface area contributed by atoms with Crippen LogP contribution in [0.3, 0.4) is 0 Å².